The number of amides is 1. The molecule has 0 radical (unpaired) electrons. The van der Waals surface area contributed by atoms with Gasteiger partial charge in [0, 0.05) is 23.0 Å². The van der Waals surface area contributed by atoms with E-state index in [1.807, 2.05) is 30.3 Å². The molecule has 1 amide bonds. The number of thiazole rings is 1. The second-order valence-electron chi connectivity index (χ2n) is 7.93. The highest BCUT2D eigenvalue weighted by Gasteiger charge is 2.26. The molecule has 0 fully saturated rings. The first-order chi connectivity index (χ1) is 14.6. The number of fused-ring (bicyclic) bond motifs is 2. The summed E-state index contributed by atoms with van der Waals surface area (Å²) in [5.41, 5.74) is 6.62. The maximum Gasteiger partial charge on any atom is 0.243 e. The number of anilines is 2. The number of para-hydroxylation sites is 1. The Bertz CT molecular complexity index is 1230. The van der Waals surface area contributed by atoms with E-state index in [-0.39, 0.29) is 5.91 Å². The highest BCUT2D eigenvalue weighted by molar-refractivity contribution is 7.21. The first-order valence-corrected chi connectivity index (χ1v) is 11.0. The van der Waals surface area contributed by atoms with Gasteiger partial charge < -0.3 is 10.2 Å². The van der Waals surface area contributed by atoms with Crippen LogP contribution < -0.4 is 10.2 Å². The molecule has 0 saturated carbocycles. The van der Waals surface area contributed by atoms with E-state index in [2.05, 4.69) is 60.5 Å². The molecular weight excluding hydrogens is 390 g/mol. The zero-order chi connectivity index (χ0) is 20.7. The van der Waals surface area contributed by atoms with Gasteiger partial charge in [-0.25, -0.2) is 4.98 Å². The van der Waals surface area contributed by atoms with Crippen LogP contribution in [0, 0.1) is 6.92 Å². The molecule has 1 aliphatic heterocycles. The fourth-order valence-electron chi connectivity index (χ4n) is 4.08. The quantitative estimate of drug-likeness (QED) is 0.469. The molecule has 3 aromatic carbocycles. The second-order valence-corrected chi connectivity index (χ2v) is 8.96. The monoisotopic (exact) mass is 413 g/mol. The molecule has 1 N–H and O–H groups in total. The summed E-state index contributed by atoms with van der Waals surface area (Å²) in [6.45, 7) is 4.62. The SMILES string of the molecule is Cc1ccc2nc(-c3ccc(NC(=O)CN4c5ccccc5C[C@H]4C)cc3)sc2c1. The molecule has 0 spiro atoms. The lowest BCUT2D eigenvalue weighted by Gasteiger charge is -2.24. The Hall–Kier alpha value is -3.18. The van der Waals surface area contributed by atoms with Gasteiger partial charge in [-0.1, -0.05) is 24.3 Å². The lowest BCUT2D eigenvalue weighted by Crippen LogP contribution is -2.37. The van der Waals surface area contributed by atoms with Crippen molar-refractivity contribution >= 4 is 38.8 Å². The van der Waals surface area contributed by atoms with Gasteiger partial charge in [-0.2, -0.15) is 0 Å². The van der Waals surface area contributed by atoms with Crippen LogP contribution >= 0.6 is 11.3 Å². The zero-order valence-corrected chi connectivity index (χ0v) is 17.9. The number of carbonyl (C=O) groups excluding carboxylic acids is 1. The van der Waals surface area contributed by atoms with Crippen LogP contribution in [0.25, 0.3) is 20.8 Å². The summed E-state index contributed by atoms with van der Waals surface area (Å²) in [7, 11) is 0. The average molecular weight is 414 g/mol. The molecular formula is C25H23N3OS. The van der Waals surface area contributed by atoms with Gasteiger partial charge in [0.15, 0.2) is 0 Å². The average Bonchev–Trinajstić information content (AvgIpc) is 3.29. The van der Waals surface area contributed by atoms with Crippen molar-refractivity contribution in [2.45, 2.75) is 26.3 Å². The lowest BCUT2D eigenvalue weighted by atomic mass is 10.1. The molecule has 30 heavy (non-hydrogen) atoms. The van der Waals surface area contributed by atoms with E-state index in [0.29, 0.717) is 12.6 Å². The van der Waals surface area contributed by atoms with E-state index in [9.17, 15) is 4.79 Å². The summed E-state index contributed by atoms with van der Waals surface area (Å²) in [5, 5.41) is 4.03. The smallest absolute Gasteiger partial charge is 0.243 e. The van der Waals surface area contributed by atoms with Crippen LogP contribution in [0.5, 0.6) is 0 Å². The minimum Gasteiger partial charge on any atom is -0.359 e. The summed E-state index contributed by atoms with van der Waals surface area (Å²) in [5.74, 6) is 0.00163. The summed E-state index contributed by atoms with van der Waals surface area (Å²) in [6, 6.07) is 22.9. The Labute approximate surface area is 180 Å². The standard InChI is InChI=1S/C25H23N3OS/c1-16-7-12-21-23(13-16)30-25(27-21)18-8-10-20(11-9-18)26-24(29)15-28-17(2)14-19-5-3-4-6-22(19)28/h3-13,17H,14-15H2,1-2H3,(H,26,29)/t17-/m1/s1. The number of nitrogens with one attached hydrogen (secondary N) is 1. The highest BCUT2D eigenvalue weighted by atomic mass is 32.1. The molecule has 1 aliphatic rings. The molecule has 1 atom stereocenters. The molecule has 0 aliphatic carbocycles. The van der Waals surface area contributed by atoms with E-state index < -0.39 is 0 Å². The van der Waals surface area contributed by atoms with Crippen LogP contribution in [-0.2, 0) is 11.2 Å². The number of hydrogen-bond donors (Lipinski definition) is 1. The number of aryl methyl sites for hydroxylation is 1. The van der Waals surface area contributed by atoms with E-state index in [0.717, 1.165) is 28.2 Å². The van der Waals surface area contributed by atoms with Crippen molar-refractivity contribution < 1.29 is 4.79 Å². The fraction of sp³-hybridized carbons (Fsp3) is 0.200. The molecule has 150 valence electrons. The first-order valence-electron chi connectivity index (χ1n) is 10.2. The summed E-state index contributed by atoms with van der Waals surface area (Å²) in [4.78, 5) is 19.6. The third-order valence-corrected chi connectivity index (χ3v) is 6.69. The van der Waals surface area contributed by atoms with Crippen LogP contribution in [-0.4, -0.2) is 23.5 Å². The molecule has 5 rings (SSSR count). The zero-order valence-electron chi connectivity index (χ0n) is 17.1. The van der Waals surface area contributed by atoms with Gasteiger partial charge in [-0.3, -0.25) is 4.79 Å². The third-order valence-electron chi connectivity index (χ3n) is 5.62. The van der Waals surface area contributed by atoms with Crippen LogP contribution in [0.3, 0.4) is 0 Å². The van der Waals surface area contributed by atoms with Gasteiger partial charge in [0.05, 0.1) is 16.8 Å². The van der Waals surface area contributed by atoms with E-state index in [1.54, 1.807) is 11.3 Å². The Morgan fingerprint density at radius 1 is 1.13 bits per heavy atom. The molecule has 0 unspecified atom stereocenters. The molecule has 4 nitrogen and oxygen atoms in total. The second kappa shape index (κ2) is 7.58. The third kappa shape index (κ3) is 3.57. The molecule has 2 heterocycles. The number of benzene rings is 3. The van der Waals surface area contributed by atoms with Gasteiger partial charge in [-0.15, -0.1) is 11.3 Å². The van der Waals surface area contributed by atoms with Crippen molar-refractivity contribution in [3.63, 3.8) is 0 Å². The normalized spacial score (nSPS) is 15.4. The Balaban J connectivity index is 1.28. The Morgan fingerprint density at radius 3 is 2.77 bits per heavy atom. The maximum atomic E-state index is 12.7. The predicted molar refractivity (Wildman–Crippen MR) is 125 cm³/mol. The largest absolute Gasteiger partial charge is 0.359 e. The van der Waals surface area contributed by atoms with Crippen LogP contribution in [0.15, 0.2) is 66.7 Å². The van der Waals surface area contributed by atoms with Gasteiger partial charge in [0.1, 0.15) is 5.01 Å². The number of hydrogen-bond acceptors (Lipinski definition) is 4. The Morgan fingerprint density at radius 2 is 1.93 bits per heavy atom. The minimum absolute atomic E-state index is 0.00163. The maximum absolute atomic E-state index is 12.7. The summed E-state index contributed by atoms with van der Waals surface area (Å²) in [6.07, 6.45) is 0.986. The molecule has 0 saturated heterocycles. The van der Waals surface area contributed by atoms with E-state index in [4.69, 9.17) is 4.98 Å². The van der Waals surface area contributed by atoms with Crippen molar-refractivity contribution in [3.05, 3.63) is 77.9 Å². The predicted octanol–water partition coefficient (Wildman–Crippen LogP) is 5.66. The van der Waals surface area contributed by atoms with Crippen molar-refractivity contribution in [1.82, 2.24) is 4.98 Å². The van der Waals surface area contributed by atoms with Gasteiger partial charge in [0.2, 0.25) is 5.91 Å². The molecule has 1 aromatic heterocycles. The highest BCUT2D eigenvalue weighted by Crippen LogP contribution is 2.32. The van der Waals surface area contributed by atoms with Gasteiger partial charge in [0.25, 0.3) is 0 Å². The van der Waals surface area contributed by atoms with Crippen LogP contribution in [0.2, 0.25) is 0 Å². The topological polar surface area (TPSA) is 45.2 Å². The van der Waals surface area contributed by atoms with Crippen LogP contribution in [0.4, 0.5) is 11.4 Å². The van der Waals surface area contributed by atoms with Crippen molar-refractivity contribution in [3.8, 4) is 10.6 Å². The fourth-order valence-corrected chi connectivity index (χ4v) is 5.15. The summed E-state index contributed by atoms with van der Waals surface area (Å²) >= 11 is 1.69. The lowest BCUT2D eigenvalue weighted by molar-refractivity contribution is -0.115. The van der Waals surface area contributed by atoms with Crippen molar-refractivity contribution in [2.75, 3.05) is 16.8 Å². The van der Waals surface area contributed by atoms with Crippen LogP contribution in [0.1, 0.15) is 18.1 Å². The van der Waals surface area contributed by atoms with Crippen molar-refractivity contribution in [2.24, 2.45) is 0 Å². The number of carbonyl (C=O) groups is 1. The molecule has 4 aromatic rings. The number of nitrogens with zero attached hydrogens (tertiary/aromatic N) is 2. The molecule has 5 heteroatoms. The minimum atomic E-state index is 0.00163. The van der Waals surface area contributed by atoms with E-state index >= 15 is 0 Å². The van der Waals surface area contributed by atoms with Gasteiger partial charge in [-0.05, 0) is 73.9 Å². The number of aromatic nitrogens is 1. The van der Waals surface area contributed by atoms with E-state index in [1.165, 1.54) is 21.5 Å². The first kappa shape index (κ1) is 18.8. The Kier molecular flexibility index (Phi) is 4.75. The number of rotatable bonds is 4. The van der Waals surface area contributed by atoms with Crippen molar-refractivity contribution in [1.29, 1.82) is 0 Å². The summed E-state index contributed by atoms with van der Waals surface area (Å²) < 4.78 is 1.20. The van der Waals surface area contributed by atoms with Gasteiger partial charge >= 0.3 is 0 Å². The molecule has 0 bridgehead atoms.